The Labute approximate surface area is 180 Å². The van der Waals surface area contributed by atoms with Crippen LogP contribution in [0.4, 0.5) is 5.69 Å². The smallest absolute Gasteiger partial charge is 0.277 e. The van der Waals surface area contributed by atoms with E-state index < -0.39 is 21.1 Å². The summed E-state index contributed by atoms with van der Waals surface area (Å²) in [5, 5.41) is 2.82. The number of ketones is 1. The first-order valence-electron chi connectivity index (χ1n) is 9.79. The van der Waals surface area contributed by atoms with Crippen molar-refractivity contribution in [2.45, 2.75) is 19.3 Å². The number of rotatable bonds is 4. The summed E-state index contributed by atoms with van der Waals surface area (Å²) in [4.78, 5) is 25.3. The minimum absolute atomic E-state index is 0.000314. The summed E-state index contributed by atoms with van der Waals surface area (Å²) in [5.74, 6) is 0.554. The highest BCUT2D eigenvalue weighted by molar-refractivity contribution is 7.93. The van der Waals surface area contributed by atoms with Crippen LogP contribution in [0.5, 0.6) is 0 Å². The van der Waals surface area contributed by atoms with Crippen LogP contribution in [0.15, 0.2) is 57.8 Å². The average molecular weight is 444 g/mol. The van der Waals surface area contributed by atoms with E-state index in [1.54, 1.807) is 12.1 Å². The second-order valence-corrected chi connectivity index (χ2v) is 10.3. The van der Waals surface area contributed by atoms with Crippen LogP contribution in [0.25, 0.3) is 11.1 Å². The third kappa shape index (κ3) is 3.87. The van der Waals surface area contributed by atoms with Gasteiger partial charge in [0.05, 0.1) is 14.8 Å². The highest BCUT2D eigenvalue weighted by Crippen LogP contribution is 2.40. The average Bonchev–Trinajstić information content (AvgIpc) is 3.08. The van der Waals surface area contributed by atoms with Crippen molar-refractivity contribution < 1.29 is 9.00 Å². The van der Waals surface area contributed by atoms with Crippen molar-refractivity contribution in [3.8, 4) is 11.1 Å². The predicted octanol–water partition coefficient (Wildman–Crippen LogP) is 4.55. The molecule has 0 unspecified atom stereocenters. The topological polar surface area (TPSA) is 84.3 Å². The van der Waals surface area contributed by atoms with Crippen LogP contribution in [0.2, 0.25) is 5.02 Å². The van der Waals surface area contributed by atoms with E-state index in [-0.39, 0.29) is 16.1 Å². The number of carbonyl (C=O) groups is 1. The Morgan fingerprint density at radius 2 is 1.77 bits per heavy atom. The van der Waals surface area contributed by atoms with Gasteiger partial charge in [-0.15, -0.1) is 0 Å². The van der Waals surface area contributed by atoms with Crippen LogP contribution < -0.4 is 5.56 Å². The quantitative estimate of drug-likeness (QED) is 0.600. The molecule has 0 amide bonds. The van der Waals surface area contributed by atoms with Crippen molar-refractivity contribution >= 4 is 32.8 Å². The highest BCUT2D eigenvalue weighted by Gasteiger charge is 2.24. The lowest BCUT2D eigenvalue weighted by Crippen LogP contribution is -2.19. The fraction of sp³-hybridized carbons (Fsp3) is 0.273. The van der Waals surface area contributed by atoms with Gasteiger partial charge in [0.15, 0.2) is 0 Å². The standard InChI is InChI=1S/C22H22ClN3O3S/c1-26-22(28)18(14-24-26)21(27)17-11-10-16(15-8-4-2-5-9-15)20(19(17)23)25-30(29)12-6-3-7-13-30/h2,4-5,8-11,14,24H,3,6-7,12-13H2,1H3. The summed E-state index contributed by atoms with van der Waals surface area (Å²) in [5.41, 5.74) is 1.68. The van der Waals surface area contributed by atoms with E-state index in [1.165, 1.54) is 17.9 Å². The van der Waals surface area contributed by atoms with Crippen molar-refractivity contribution in [3.63, 3.8) is 0 Å². The summed E-state index contributed by atoms with van der Waals surface area (Å²) in [6.07, 6.45) is 4.13. The van der Waals surface area contributed by atoms with Crippen LogP contribution in [-0.2, 0) is 16.8 Å². The lowest BCUT2D eigenvalue weighted by atomic mass is 9.98. The fourth-order valence-corrected chi connectivity index (χ4v) is 6.20. The molecule has 1 aliphatic rings. The van der Waals surface area contributed by atoms with E-state index in [0.29, 0.717) is 22.8 Å². The molecule has 2 heterocycles. The van der Waals surface area contributed by atoms with E-state index in [1.807, 2.05) is 30.3 Å². The zero-order valence-electron chi connectivity index (χ0n) is 16.6. The van der Waals surface area contributed by atoms with E-state index in [0.717, 1.165) is 24.8 Å². The summed E-state index contributed by atoms with van der Waals surface area (Å²) < 4.78 is 19.2. The van der Waals surface area contributed by atoms with Gasteiger partial charge < -0.3 is 5.10 Å². The Morgan fingerprint density at radius 3 is 2.40 bits per heavy atom. The van der Waals surface area contributed by atoms with Gasteiger partial charge in [-0.2, -0.15) is 4.36 Å². The number of hydrogen-bond acceptors (Lipinski definition) is 4. The molecule has 4 rings (SSSR count). The molecule has 1 fully saturated rings. The molecule has 1 N–H and O–H groups in total. The van der Waals surface area contributed by atoms with E-state index in [2.05, 4.69) is 9.46 Å². The largest absolute Gasteiger partial charge is 0.302 e. The second-order valence-electron chi connectivity index (χ2n) is 7.40. The zero-order valence-corrected chi connectivity index (χ0v) is 18.1. The first kappa shape index (κ1) is 20.6. The maximum atomic E-state index is 13.4. The lowest BCUT2D eigenvalue weighted by molar-refractivity contribution is 0.103. The van der Waals surface area contributed by atoms with Gasteiger partial charge in [0, 0.05) is 35.9 Å². The van der Waals surface area contributed by atoms with Gasteiger partial charge in [-0.3, -0.25) is 14.3 Å². The van der Waals surface area contributed by atoms with Crippen LogP contribution in [0.1, 0.15) is 35.2 Å². The third-order valence-corrected chi connectivity index (χ3v) is 8.06. The number of hydrogen-bond donors (Lipinski definition) is 1. The molecule has 0 aliphatic carbocycles. The molecule has 2 aromatic carbocycles. The number of nitrogens with zero attached hydrogens (tertiary/aromatic N) is 2. The van der Waals surface area contributed by atoms with Crippen LogP contribution in [0, 0.1) is 0 Å². The molecule has 1 saturated heterocycles. The number of aryl methyl sites for hydroxylation is 1. The minimum Gasteiger partial charge on any atom is -0.302 e. The Kier molecular flexibility index (Phi) is 5.66. The molecule has 1 aliphatic heterocycles. The summed E-state index contributed by atoms with van der Waals surface area (Å²) in [6.45, 7) is 0. The molecule has 156 valence electrons. The zero-order chi connectivity index (χ0) is 21.3. The summed E-state index contributed by atoms with van der Waals surface area (Å²) in [7, 11) is -0.915. The maximum absolute atomic E-state index is 13.4. The number of benzene rings is 2. The number of aromatic nitrogens is 2. The van der Waals surface area contributed by atoms with E-state index in [4.69, 9.17) is 11.6 Å². The first-order chi connectivity index (χ1) is 14.4. The Balaban J connectivity index is 1.92. The molecule has 30 heavy (non-hydrogen) atoms. The van der Waals surface area contributed by atoms with Crippen molar-refractivity contribution in [2.75, 3.05) is 11.5 Å². The van der Waals surface area contributed by atoms with Gasteiger partial charge in [0.25, 0.3) is 5.56 Å². The Hall–Kier alpha value is -2.64. The van der Waals surface area contributed by atoms with Crippen molar-refractivity contribution in [3.05, 3.63) is 75.2 Å². The summed E-state index contributed by atoms with van der Waals surface area (Å²) >= 11 is 6.69. The SMILES string of the molecule is Cn1[nH]cc(C(=O)c2ccc(-c3ccccc3)c(N=S3(=O)CCCCC3)c2Cl)c1=O. The molecule has 0 radical (unpaired) electrons. The van der Waals surface area contributed by atoms with E-state index in [9.17, 15) is 13.8 Å². The van der Waals surface area contributed by atoms with Crippen molar-refractivity contribution in [1.82, 2.24) is 9.78 Å². The molecule has 3 aromatic rings. The van der Waals surface area contributed by atoms with E-state index >= 15 is 0 Å². The van der Waals surface area contributed by atoms with Gasteiger partial charge in [-0.1, -0.05) is 54.4 Å². The molecule has 1 aromatic heterocycles. The van der Waals surface area contributed by atoms with Gasteiger partial charge in [0.1, 0.15) is 11.3 Å². The maximum Gasteiger partial charge on any atom is 0.277 e. The normalized spacial score (nSPS) is 15.7. The molecule has 0 saturated carbocycles. The molecular weight excluding hydrogens is 422 g/mol. The molecule has 0 bridgehead atoms. The van der Waals surface area contributed by atoms with Crippen molar-refractivity contribution in [1.29, 1.82) is 0 Å². The van der Waals surface area contributed by atoms with Crippen LogP contribution in [0.3, 0.4) is 0 Å². The number of nitrogens with one attached hydrogen (secondary N) is 1. The van der Waals surface area contributed by atoms with Gasteiger partial charge in [-0.25, -0.2) is 4.21 Å². The fourth-order valence-electron chi connectivity index (χ4n) is 3.64. The number of aromatic amines is 1. The van der Waals surface area contributed by atoms with Gasteiger partial charge in [0.2, 0.25) is 5.78 Å². The van der Waals surface area contributed by atoms with Crippen LogP contribution >= 0.6 is 11.6 Å². The monoisotopic (exact) mass is 443 g/mol. The molecular formula is C22H22ClN3O3S. The third-order valence-electron chi connectivity index (χ3n) is 5.31. The number of halogens is 1. The predicted molar refractivity (Wildman–Crippen MR) is 120 cm³/mol. The van der Waals surface area contributed by atoms with Crippen LogP contribution in [-0.4, -0.2) is 31.3 Å². The minimum atomic E-state index is -2.45. The Morgan fingerprint density at radius 1 is 1.07 bits per heavy atom. The highest BCUT2D eigenvalue weighted by atomic mass is 35.5. The van der Waals surface area contributed by atoms with Gasteiger partial charge >= 0.3 is 0 Å². The first-order valence-corrected chi connectivity index (χ1v) is 12.0. The molecule has 6 nitrogen and oxygen atoms in total. The molecule has 0 atom stereocenters. The van der Waals surface area contributed by atoms with Gasteiger partial charge in [-0.05, 0) is 24.5 Å². The number of carbonyl (C=O) groups excluding carboxylic acids is 1. The second kappa shape index (κ2) is 8.24. The summed E-state index contributed by atoms with van der Waals surface area (Å²) in [6, 6.07) is 12.9. The Bertz CT molecular complexity index is 1270. The van der Waals surface area contributed by atoms with Crippen molar-refractivity contribution in [2.24, 2.45) is 11.4 Å². The molecule has 8 heteroatoms. The molecule has 0 spiro atoms. The lowest BCUT2D eigenvalue weighted by Gasteiger charge is -2.18. The number of H-pyrrole nitrogens is 1.